The van der Waals surface area contributed by atoms with Crippen LogP contribution in [-0.4, -0.2) is 36.8 Å². The normalized spacial score (nSPS) is 14.3. The summed E-state index contributed by atoms with van der Waals surface area (Å²) >= 11 is 6.11. The van der Waals surface area contributed by atoms with Gasteiger partial charge in [-0.1, -0.05) is 11.6 Å². The number of aromatic amines is 1. The zero-order valence-electron chi connectivity index (χ0n) is 20.2. The summed E-state index contributed by atoms with van der Waals surface area (Å²) in [4.78, 5) is 4.71. The van der Waals surface area contributed by atoms with Crippen LogP contribution in [0.5, 0.6) is 5.75 Å². The summed E-state index contributed by atoms with van der Waals surface area (Å²) in [6.07, 6.45) is 2.04. The van der Waals surface area contributed by atoms with E-state index < -0.39 is 11.6 Å². The van der Waals surface area contributed by atoms with Gasteiger partial charge in [-0.15, -0.1) is 10.2 Å². The first-order chi connectivity index (χ1) is 17.9. The molecule has 0 spiro atoms. The van der Waals surface area contributed by atoms with E-state index in [4.69, 9.17) is 21.3 Å². The number of aromatic nitrogens is 6. The van der Waals surface area contributed by atoms with Crippen molar-refractivity contribution in [1.82, 2.24) is 30.2 Å². The Labute approximate surface area is 216 Å². The molecule has 1 unspecified atom stereocenters. The van der Waals surface area contributed by atoms with E-state index in [1.807, 2.05) is 42.7 Å². The lowest BCUT2D eigenvalue weighted by molar-refractivity contribution is 0.234. The van der Waals surface area contributed by atoms with Crippen LogP contribution < -0.4 is 4.74 Å². The molecule has 1 atom stereocenters. The molecule has 1 aliphatic rings. The lowest BCUT2D eigenvalue weighted by atomic mass is 10.0. The molecule has 2 heterocycles. The van der Waals surface area contributed by atoms with Crippen molar-refractivity contribution in [3.05, 3.63) is 76.3 Å². The standard InChI is InChI=1S/C27H23ClF2N6O/c1-14-9-18(26-32-34-35-33-26)10-15(2)25(14)37-13-24(16-3-4-16)36-23-12-21(30)20(29)11-22(23)31-27(36)17-5-7-19(28)8-6-17/h5-12,16,24H,3-4,13H2,1-2H3,(H,32,33,34,35). The number of H-pyrrole nitrogens is 1. The molecule has 188 valence electrons. The molecule has 1 N–H and O–H groups in total. The van der Waals surface area contributed by atoms with Crippen molar-refractivity contribution < 1.29 is 13.5 Å². The van der Waals surface area contributed by atoms with Crippen molar-refractivity contribution in [2.24, 2.45) is 5.92 Å². The predicted octanol–water partition coefficient (Wildman–Crippen LogP) is 6.46. The van der Waals surface area contributed by atoms with E-state index in [0.717, 1.165) is 46.9 Å². The molecular weight excluding hydrogens is 498 g/mol. The summed E-state index contributed by atoms with van der Waals surface area (Å²) in [6, 6.07) is 13.5. The zero-order chi connectivity index (χ0) is 25.7. The van der Waals surface area contributed by atoms with Gasteiger partial charge in [0.25, 0.3) is 0 Å². The minimum Gasteiger partial charge on any atom is -0.491 e. The number of hydrogen-bond donors (Lipinski definition) is 1. The van der Waals surface area contributed by atoms with E-state index >= 15 is 0 Å². The number of hydrogen-bond acceptors (Lipinski definition) is 5. The van der Waals surface area contributed by atoms with Crippen LogP contribution in [0.15, 0.2) is 48.5 Å². The van der Waals surface area contributed by atoms with Crippen LogP contribution in [0, 0.1) is 31.4 Å². The van der Waals surface area contributed by atoms with Gasteiger partial charge in [0.1, 0.15) is 18.2 Å². The first-order valence-corrected chi connectivity index (χ1v) is 12.4. The van der Waals surface area contributed by atoms with Crippen LogP contribution in [-0.2, 0) is 0 Å². The Balaban J connectivity index is 1.40. The minimum atomic E-state index is -0.924. The van der Waals surface area contributed by atoms with Crippen LogP contribution >= 0.6 is 11.6 Å². The maximum Gasteiger partial charge on any atom is 0.204 e. The van der Waals surface area contributed by atoms with Crippen LogP contribution in [0.2, 0.25) is 5.02 Å². The van der Waals surface area contributed by atoms with Gasteiger partial charge in [-0.25, -0.2) is 13.8 Å². The molecular formula is C27H23ClF2N6O. The summed E-state index contributed by atoms with van der Waals surface area (Å²) in [5, 5.41) is 14.8. The highest BCUT2D eigenvalue weighted by Gasteiger charge is 2.36. The van der Waals surface area contributed by atoms with Crippen molar-refractivity contribution >= 4 is 22.6 Å². The Bertz CT molecular complexity index is 1570. The molecule has 0 radical (unpaired) electrons. The SMILES string of the molecule is Cc1cc(-c2nn[nH]n2)cc(C)c1OCC(C1CC1)n1c(-c2ccc(Cl)cc2)nc2cc(F)c(F)cc21. The molecule has 2 aromatic heterocycles. The average Bonchev–Trinajstić information content (AvgIpc) is 3.43. The number of imidazole rings is 1. The molecule has 1 saturated carbocycles. The van der Waals surface area contributed by atoms with Crippen molar-refractivity contribution in [2.45, 2.75) is 32.7 Å². The van der Waals surface area contributed by atoms with Crippen LogP contribution in [0.25, 0.3) is 33.8 Å². The van der Waals surface area contributed by atoms with E-state index in [1.54, 1.807) is 12.1 Å². The van der Waals surface area contributed by atoms with E-state index in [9.17, 15) is 8.78 Å². The highest BCUT2D eigenvalue weighted by Crippen LogP contribution is 2.44. The summed E-state index contributed by atoms with van der Waals surface area (Å²) in [5.41, 5.74) is 4.46. The molecule has 3 aromatic carbocycles. The van der Waals surface area contributed by atoms with Crippen LogP contribution in [0.1, 0.15) is 30.0 Å². The number of aryl methyl sites for hydroxylation is 2. The van der Waals surface area contributed by atoms with Gasteiger partial charge in [-0.05, 0) is 85.3 Å². The molecule has 0 amide bonds. The second-order valence-corrected chi connectivity index (χ2v) is 9.89. The molecule has 6 rings (SSSR count). The van der Waals surface area contributed by atoms with Gasteiger partial charge in [0.05, 0.1) is 17.1 Å². The van der Waals surface area contributed by atoms with Crippen molar-refractivity contribution in [2.75, 3.05) is 6.61 Å². The summed E-state index contributed by atoms with van der Waals surface area (Å²) in [5.74, 6) is 0.407. The molecule has 1 aliphatic carbocycles. The molecule has 1 fully saturated rings. The fourth-order valence-corrected chi connectivity index (χ4v) is 5.02. The number of tetrazole rings is 1. The van der Waals surface area contributed by atoms with E-state index in [0.29, 0.717) is 40.2 Å². The van der Waals surface area contributed by atoms with Gasteiger partial charge in [0.2, 0.25) is 5.82 Å². The third-order valence-electron chi connectivity index (χ3n) is 6.79. The summed E-state index contributed by atoms with van der Waals surface area (Å²) in [6.45, 7) is 4.29. The van der Waals surface area contributed by atoms with Crippen LogP contribution in [0.3, 0.4) is 0 Å². The Morgan fingerprint density at radius 1 is 1.03 bits per heavy atom. The lowest BCUT2D eigenvalue weighted by Crippen LogP contribution is -2.21. The number of benzene rings is 3. The number of rotatable bonds is 7. The maximum atomic E-state index is 14.4. The molecule has 10 heteroatoms. The fraction of sp³-hybridized carbons (Fsp3) is 0.259. The van der Waals surface area contributed by atoms with E-state index in [1.165, 1.54) is 6.07 Å². The van der Waals surface area contributed by atoms with Crippen molar-refractivity contribution in [3.8, 4) is 28.5 Å². The monoisotopic (exact) mass is 520 g/mol. The summed E-state index contributed by atoms with van der Waals surface area (Å²) in [7, 11) is 0. The Hall–Kier alpha value is -3.85. The highest BCUT2D eigenvalue weighted by atomic mass is 35.5. The zero-order valence-corrected chi connectivity index (χ0v) is 20.9. The van der Waals surface area contributed by atoms with Gasteiger partial charge in [-0.2, -0.15) is 5.21 Å². The molecule has 7 nitrogen and oxygen atoms in total. The predicted molar refractivity (Wildman–Crippen MR) is 136 cm³/mol. The molecule has 37 heavy (non-hydrogen) atoms. The maximum absolute atomic E-state index is 14.4. The van der Waals surface area contributed by atoms with Crippen LogP contribution in [0.4, 0.5) is 8.78 Å². The van der Waals surface area contributed by atoms with Gasteiger partial charge in [0, 0.05) is 28.3 Å². The largest absolute Gasteiger partial charge is 0.491 e. The van der Waals surface area contributed by atoms with E-state index in [2.05, 4.69) is 20.6 Å². The minimum absolute atomic E-state index is 0.128. The smallest absolute Gasteiger partial charge is 0.204 e. The first kappa shape index (κ1) is 23.5. The third-order valence-corrected chi connectivity index (χ3v) is 7.05. The number of fused-ring (bicyclic) bond motifs is 1. The number of nitrogens with one attached hydrogen (secondary N) is 1. The number of ether oxygens (including phenoxy) is 1. The molecule has 5 aromatic rings. The van der Waals surface area contributed by atoms with Crippen molar-refractivity contribution in [1.29, 1.82) is 0 Å². The van der Waals surface area contributed by atoms with Crippen molar-refractivity contribution in [3.63, 3.8) is 0 Å². The quantitative estimate of drug-likeness (QED) is 0.266. The lowest BCUT2D eigenvalue weighted by Gasteiger charge is -2.24. The van der Waals surface area contributed by atoms with Gasteiger partial charge in [0.15, 0.2) is 11.6 Å². The Morgan fingerprint density at radius 2 is 1.73 bits per heavy atom. The molecule has 0 aliphatic heterocycles. The number of halogens is 3. The van der Waals surface area contributed by atoms with Gasteiger partial charge < -0.3 is 9.30 Å². The Kier molecular flexibility index (Phi) is 5.87. The van der Waals surface area contributed by atoms with Gasteiger partial charge in [-0.3, -0.25) is 0 Å². The van der Waals surface area contributed by atoms with E-state index in [-0.39, 0.29) is 6.04 Å². The third kappa shape index (κ3) is 4.44. The topological polar surface area (TPSA) is 81.5 Å². The molecule has 0 saturated heterocycles. The first-order valence-electron chi connectivity index (χ1n) is 12.0. The van der Waals surface area contributed by atoms with Gasteiger partial charge >= 0.3 is 0 Å². The second kappa shape index (κ2) is 9.23. The Morgan fingerprint density at radius 3 is 2.38 bits per heavy atom. The summed E-state index contributed by atoms with van der Waals surface area (Å²) < 4.78 is 37.0. The fourth-order valence-electron chi connectivity index (χ4n) is 4.89. The second-order valence-electron chi connectivity index (χ2n) is 9.46. The highest BCUT2D eigenvalue weighted by molar-refractivity contribution is 6.30. The average molecular weight is 521 g/mol. The number of nitrogens with zero attached hydrogens (tertiary/aromatic N) is 5. The molecule has 0 bridgehead atoms.